The summed E-state index contributed by atoms with van der Waals surface area (Å²) in [6.45, 7) is 6.04. The average molecular weight is 368 g/mol. The van der Waals surface area contributed by atoms with Crippen LogP contribution >= 0.6 is 7.92 Å². The summed E-state index contributed by atoms with van der Waals surface area (Å²) in [5, 5.41) is 0.0215. The van der Waals surface area contributed by atoms with Gasteiger partial charge in [-0.25, -0.2) is 0 Å². The van der Waals surface area contributed by atoms with Gasteiger partial charge in [-0.05, 0) is 41.9 Å². The Labute approximate surface area is 146 Å². The van der Waals surface area contributed by atoms with Gasteiger partial charge < -0.3 is 4.74 Å². The first-order valence-electron chi connectivity index (χ1n) is 7.90. The minimum Gasteiger partial charge on any atom is -0.493 e. The van der Waals surface area contributed by atoms with E-state index in [1.165, 1.54) is 24.3 Å². The maximum absolute atomic E-state index is 13.7. The highest BCUT2D eigenvalue weighted by Crippen LogP contribution is 2.55. The lowest BCUT2D eigenvalue weighted by Gasteiger charge is -2.22. The summed E-state index contributed by atoms with van der Waals surface area (Å²) in [7, 11) is -2.98. The van der Waals surface area contributed by atoms with Crippen molar-refractivity contribution in [2.75, 3.05) is 6.61 Å². The zero-order valence-corrected chi connectivity index (χ0v) is 15.2. The van der Waals surface area contributed by atoms with E-state index >= 15 is 0 Å². The van der Waals surface area contributed by atoms with Crippen LogP contribution < -0.4 is 10.0 Å². The van der Waals surface area contributed by atoms with E-state index < -0.39 is 19.4 Å². The lowest BCUT2D eigenvalue weighted by Crippen LogP contribution is -2.23. The van der Waals surface area contributed by atoms with E-state index in [0.717, 1.165) is 0 Å². The van der Waals surface area contributed by atoms with Crippen LogP contribution in [0.4, 0.5) is 13.2 Å². The van der Waals surface area contributed by atoms with Crippen LogP contribution in [-0.2, 0) is 0 Å². The van der Waals surface area contributed by atoms with Crippen LogP contribution in [-0.4, -0.2) is 18.0 Å². The van der Waals surface area contributed by atoms with Crippen molar-refractivity contribution in [2.24, 2.45) is 5.92 Å². The number of alkyl halides is 3. The summed E-state index contributed by atoms with van der Waals surface area (Å²) in [5.41, 5.74) is -0.401. The minimum atomic E-state index is -4.60. The van der Waals surface area contributed by atoms with Crippen molar-refractivity contribution in [1.82, 2.24) is 0 Å². The number of aryl methyl sites for hydroxylation is 1. The summed E-state index contributed by atoms with van der Waals surface area (Å²) in [6.07, 6.45) is 0. The van der Waals surface area contributed by atoms with Gasteiger partial charge in [0.2, 0.25) is 0 Å². The number of rotatable bonds is 6. The second-order valence-corrected chi connectivity index (χ2v) is 8.19. The van der Waals surface area contributed by atoms with Gasteiger partial charge in [0, 0.05) is 5.56 Å². The molecule has 0 aliphatic rings. The maximum Gasteiger partial charge on any atom is 0.416 e. The third-order valence-corrected chi connectivity index (χ3v) is 5.62. The molecule has 0 radical (unpaired) electrons. The normalized spacial score (nSPS) is 12.9. The lowest BCUT2D eigenvalue weighted by atomic mass is 10.2. The second kappa shape index (κ2) is 8.01. The number of halogens is 3. The van der Waals surface area contributed by atoms with Gasteiger partial charge in [-0.3, -0.25) is 4.79 Å². The van der Waals surface area contributed by atoms with Crippen molar-refractivity contribution < 1.29 is 22.7 Å². The Bertz CT molecular complexity index is 727. The summed E-state index contributed by atoms with van der Waals surface area (Å²) < 4.78 is 46.5. The maximum atomic E-state index is 13.7. The minimum absolute atomic E-state index is 0.0215. The molecule has 0 aromatic heterocycles. The van der Waals surface area contributed by atoms with Gasteiger partial charge in [-0.2, -0.15) is 13.2 Å². The average Bonchev–Trinajstić information content (AvgIpc) is 2.54. The van der Waals surface area contributed by atoms with Crippen molar-refractivity contribution in [1.29, 1.82) is 0 Å². The van der Waals surface area contributed by atoms with E-state index in [9.17, 15) is 18.0 Å². The SMILES string of the molecule is Cc1cc(OCC(C)C)ccc1P(C(=O)c1ccccc1)C(F)(F)F. The van der Waals surface area contributed by atoms with Crippen molar-refractivity contribution >= 4 is 18.8 Å². The molecule has 2 aromatic rings. The Morgan fingerprint density at radius 2 is 1.76 bits per heavy atom. The molecule has 0 saturated carbocycles. The molecule has 0 fully saturated rings. The summed E-state index contributed by atoms with van der Waals surface area (Å²) >= 11 is 0. The molecule has 0 saturated heterocycles. The molecule has 0 amide bonds. The van der Waals surface area contributed by atoms with Gasteiger partial charge in [-0.15, -0.1) is 0 Å². The summed E-state index contributed by atoms with van der Waals surface area (Å²) in [4.78, 5) is 12.5. The van der Waals surface area contributed by atoms with Gasteiger partial charge in [-0.1, -0.05) is 44.2 Å². The van der Waals surface area contributed by atoms with Crippen molar-refractivity contribution in [3.05, 3.63) is 59.7 Å². The van der Waals surface area contributed by atoms with E-state index in [1.807, 2.05) is 13.8 Å². The zero-order valence-electron chi connectivity index (χ0n) is 14.3. The monoisotopic (exact) mass is 368 g/mol. The molecular formula is C19H20F3O2P. The lowest BCUT2D eigenvalue weighted by molar-refractivity contribution is -0.0384. The predicted octanol–water partition coefficient (Wildman–Crippen LogP) is 5.50. The van der Waals surface area contributed by atoms with E-state index in [2.05, 4.69) is 0 Å². The Balaban J connectivity index is 2.37. The summed E-state index contributed by atoms with van der Waals surface area (Å²) in [6, 6.07) is 12.1. The van der Waals surface area contributed by atoms with Crippen molar-refractivity contribution in [2.45, 2.75) is 26.7 Å². The van der Waals surface area contributed by atoms with E-state index in [0.29, 0.717) is 23.8 Å². The van der Waals surface area contributed by atoms with Crippen LogP contribution in [0.2, 0.25) is 0 Å². The van der Waals surface area contributed by atoms with Gasteiger partial charge in [0.25, 0.3) is 0 Å². The third kappa shape index (κ3) is 5.05. The topological polar surface area (TPSA) is 26.3 Å². The smallest absolute Gasteiger partial charge is 0.416 e. The molecule has 2 rings (SSSR count). The van der Waals surface area contributed by atoms with Crippen molar-refractivity contribution in [3.8, 4) is 5.75 Å². The van der Waals surface area contributed by atoms with Crippen LogP contribution in [0.3, 0.4) is 0 Å². The molecule has 0 aliphatic carbocycles. The molecule has 0 N–H and O–H groups in total. The molecular weight excluding hydrogens is 348 g/mol. The third-order valence-electron chi connectivity index (χ3n) is 3.47. The summed E-state index contributed by atoms with van der Waals surface area (Å²) in [5.74, 6) is -3.78. The predicted molar refractivity (Wildman–Crippen MR) is 94.9 cm³/mol. The molecule has 6 heteroatoms. The number of benzene rings is 2. The van der Waals surface area contributed by atoms with E-state index in [-0.39, 0.29) is 10.9 Å². The second-order valence-electron chi connectivity index (χ2n) is 6.13. The molecule has 25 heavy (non-hydrogen) atoms. The Morgan fingerprint density at radius 1 is 1.12 bits per heavy atom. The molecule has 0 heterocycles. The number of ether oxygens (including phenoxy) is 1. The van der Waals surface area contributed by atoms with Crippen LogP contribution in [0.1, 0.15) is 29.8 Å². The van der Waals surface area contributed by atoms with Crippen LogP contribution in [0.5, 0.6) is 5.75 Å². The van der Waals surface area contributed by atoms with Gasteiger partial charge in [0.05, 0.1) is 6.61 Å². The first-order valence-corrected chi connectivity index (χ1v) is 9.24. The van der Waals surface area contributed by atoms with Crippen molar-refractivity contribution in [3.63, 3.8) is 0 Å². The van der Waals surface area contributed by atoms with Crippen LogP contribution in [0, 0.1) is 12.8 Å². The van der Waals surface area contributed by atoms with Gasteiger partial charge in [0.1, 0.15) is 13.7 Å². The first-order chi connectivity index (χ1) is 11.7. The largest absolute Gasteiger partial charge is 0.493 e. The Morgan fingerprint density at radius 3 is 2.28 bits per heavy atom. The van der Waals surface area contributed by atoms with E-state index in [1.54, 1.807) is 31.2 Å². The molecule has 0 bridgehead atoms. The number of carbonyl (C=O) groups is 1. The molecule has 0 spiro atoms. The molecule has 2 nitrogen and oxygen atoms in total. The number of hydrogen-bond acceptors (Lipinski definition) is 2. The zero-order chi connectivity index (χ0) is 18.6. The molecule has 1 atom stereocenters. The number of carbonyl (C=O) groups excluding carboxylic acids is 1. The highest BCUT2D eigenvalue weighted by molar-refractivity contribution is 7.83. The molecule has 2 aromatic carbocycles. The Hall–Kier alpha value is -1.87. The fourth-order valence-corrected chi connectivity index (χ4v) is 4.07. The number of hydrogen-bond donors (Lipinski definition) is 0. The molecule has 0 aliphatic heterocycles. The van der Waals surface area contributed by atoms with Gasteiger partial charge in [0.15, 0.2) is 5.52 Å². The fraction of sp³-hybridized carbons (Fsp3) is 0.316. The molecule has 1 unspecified atom stereocenters. The van der Waals surface area contributed by atoms with Gasteiger partial charge >= 0.3 is 5.92 Å². The Kier molecular flexibility index (Phi) is 6.23. The molecule has 134 valence electrons. The standard InChI is InChI=1S/C19H20F3O2P/c1-13(2)12-24-16-9-10-17(14(3)11-16)25(19(20,21)22)18(23)15-7-5-4-6-8-15/h4-11,13H,12H2,1-3H3. The van der Waals surface area contributed by atoms with E-state index in [4.69, 9.17) is 4.74 Å². The van der Waals surface area contributed by atoms with Crippen LogP contribution in [0.15, 0.2) is 48.5 Å². The highest BCUT2D eigenvalue weighted by atomic mass is 31.1. The van der Waals surface area contributed by atoms with Crippen LogP contribution in [0.25, 0.3) is 0 Å². The first kappa shape index (κ1) is 19.5. The fourth-order valence-electron chi connectivity index (χ4n) is 2.30. The quantitative estimate of drug-likeness (QED) is 0.630. The highest BCUT2D eigenvalue weighted by Gasteiger charge is 2.46.